The van der Waals surface area contributed by atoms with E-state index in [1.54, 1.807) is 42.5 Å². The summed E-state index contributed by atoms with van der Waals surface area (Å²) >= 11 is 0. The number of benzene rings is 2. The fourth-order valence-electron chi connectivity index (χ4n) is 1.82. The predicted molar refractivity (Wildman–Crippen MR) is 80.2 cm³/mol. The Morgan fingerprint density at radius 2 is 1.82 bits per heavy atom. The SMILES string of the molecule is N#Cc1ccccc1NC(=O)COc1ccccc1C(N)=O. The quantitative estimate of drug-likeness (QED) is 0.875. The van der Waals surface area contributed by atoms with Crippen molar-refractivity contribution in [2.24, 2.45) is 5.73 Å². The first-order valence-corrected chi connectivity index (χ1v) is 6.42. The van der Waals surface area contributed by atoms with Crippen molar-refractivity contribution in [2.45, 2.75) is 0 Å². The molecule has 2 amide bonds. The standard InChI is InChI=1S/C16H13N3O3/c17-9-11-5-1-3-7-13(11)19-15(20)10-22-14-8-4-2-6-12(14)16(18)21/h1-8H,10H2,(H2,18,21)(H,19,20). The Bertz CT molecular complexity index is 750. The van der Waals surface area contributed by atoms with Crippen molar-refractivity contribution in [3.8, 4) is 11.8 Å². The minimum Gasteiger partial charge on any atom is -0.483 e. The summed E-state index contributed by atoms with van der Waals surface area (Å²) < 4.78 is 5.31. The number of nitrogens with zero attached hydrogens (tertiary/aromatic N) is 1. The van der Waals surface area contributed by atoms with E-state index in [2.05, 4.69) is 5.32 Å². The number of hydrogen-bond acceptors (Lipinski definition) is 4. The van der Waals surface area contributed by atoms with Gasteiger partial charge in [-0.05, 0) is 24.3 Å². The first-order chi connectivity index (χ1) is 10.6. The Balaban J connectivity index is 2.02. The van der Waals surface area contributed by atoms with Gasteiger partial charge < -0.3 is 15.8 Å². The molecule has 2 aromatic rings. The monoisotopic (exact) mass is 295 g/mol. The van der Waals surface area contributed by atoms with Crippen LogP contribution in [0.2, 0.25) is 0 Å². The maximum absolute atomic E-state index is 11.9. The molecule has 0 aromatic heterocycles. The molecule has 2 aromatic carbocycles. The van der Waals surface area contributed by atoms with Crippen molar-refractivity contribution in [2.75, 3.05) is 11.9 Å². The number of nitrogens with two attached hydrogens (primary N) is 1. The number of anilines is 1. The molecular weight excluding hydrogens is 282 g/mol. The largest absolute Gasteiger partial charge is 0.483 e. The number of nitriles is 1. The second kappa shape index (κ2) is 6.90. The summed E-state index contributed by atoms with van der Waals surface area (Å²) in [6, 6.07) is 15.0. The first-order valence-electron chi connectivity index (χ1n) is 6.42. The third kappa shape index (κ3) is 3.61. The minimum atomic E-state index is -0.633. The van der Waals surface area contributed by atoms with Gasteiger partial charge in [-0.2, -0.15) is 5.26 Å². The second-order valence-electron chi connectivity index (χ2n) is 4.35. The summed E-state index contributed by atoms with van der Waals surface area (Å²) in [7, 11) is 0. The topological polar surface area (TPSA) is 105 Å². The van der Waals surface area contributed by atoms with Gasteiger partial charge >= 0.3 is 0 Å². The average molecular weight is 295 g/mol. The van der Waals surface area contributed by atoms with Crippen LogP contribution in [0.4, 0.5) is 5.69 Å². The summed E-state index contributed by atoms with van der Waals surface area (Å²) in [6.07, 6.45) is 0. The molecule has 2 rings (SSSR count). The third-order valence-corrected chi connectivity index (χ3v) is 2.83. The lowest BCUT2D eigenvalue weighted by molar-refractivity contribution is -0.118. The van der Waals surface area contributed by atoms with Gasteiger partial charge in [-0.25, -0.2) is 0 Å². The molecule has 0 fully saturated rings. The zero-order valence-corrected chi connectivity index (χ0v) is 11.6. The summed E-state index contributed by atoms with van der Waals surface area (Å²) in [5, 5.41) is 11.5. The Morgan fingerprint density at radius 1 is 1.14 bits per heavy atom. The molecule has 0 aliphatic heterocycles. The number of hydrogen-bond donors (Lipinski definition) is 2. The molecule has 110 valence electrons. The van der Waals surface area contributed by atoms with Crippen molar-refractivity contribution < 1.29 is 14.3 Å². The fraction of sp³-hybridized carbons (Fsp3) is 0.0625. The molecule has 0 bridgehead atoms. The van der Waals surface area contributed by atoms with Crippen LogP contribution in [0, 0.1) is 11.3 Å². The van der Waals surface area contributed by atoms with Gasteiger partial charge in [0.05, 0.1) is 16.8 Å². The number of amides is 2. The van der Waals surface area contributed by atoms with E-state index in [4.69, 9.17) is 15.7 Å². The first kappa shape index (κ1) is 15.1. The van der Waals surface area contributed by atoms with Crippen molar-refractivity contribution in [3.63, 3.8) is 0 Å². The fourth-order valence-corrected chi connectivity index (χ4v) is 1.82. The van der Waals surface area contributed by atoms with Gasteiger partial charge in [-0.3, -0.25) is 9.59 Å². The van der Waals surface area contributed by atoms with Crippen LogP contribution in [-0.4, -0.2) is 18.4 Å². The zero-order chi connectivity index (χ0) is 15.9. The zero-order valence-electron chi connectivity index (χ0n) is 11.6. The van der Waals surface area contributed by atoms with Gasteiger partial charge in [-0.15, -0.1) is 0 Å². The van der Waals surface area contributed by atoms with Crippen molar-refractivity contribution in [1.29, 1.82) is 5.26 Å². The van der Waals surface area contributed by atoms with E-state index in [0.717, 1.165) is 0 Å². The maximum atomic E-state index is 11.9. The Kier molecular flexibility index (Phi) is 4.73. The smallest absolute Gasteiger partial charge is 0.262 e. The van der Waals surface area contributed by atoms with E-state index < -0.39 is 11.8 Å². The van der Waals surface area contributed by atoms with Gasteiger partial charge in [0.25, 0.3) is 11.8 Å². The highest BCUT2D eigenvalue weighted by molar-refractivity contribution is 5.96. The highest BCUT2D eigenvalue weighted by Gasteiger charge is 2.11. The summed E-state index contributed by atoms with van der Waals surface area (Å²) in [4.78, 5) is 23.1. The molecule has 0 spiro atoms. The lowest BCUT2D eigenvalue weighted by Crippen LogP contribution is -2.22. The van der Waals surface area contributed by atoms with Crippen molar-refractivity contribution >= 4 is 17.5 Å². The van der Waals surface area contributed by atoms with Crippen LogP contribution in [0.3, 0.4) is 0 Å². The summed E-state index contributed by atoms with van der Waals surface area (Å²) in [5.74, 6) is -0.841. The van der Waals surface area contributed by atoms with E-state index >= 15 is 0 Å². The molecule has 0 radical (unpaired) electrons. The van der Waals surface area contributed by atoms with Gasteiger partial charge in [0.1, 0.15) is 11.8 Å². The number of para-hydroxylation sites is 2. The van der Waals surface area contributed by atoms with Crippen LogP contribution in [0.15, 0.2) is 48.5 Å². The van der Waals surface area contributed by atoms with Crippen LogP contribution in [-0.2, 0) is 4.79 Å². The Labute approximate surface area is 127 Å². The lowest BCUT2D eigenvalue weighted by Gasteiger charge is -2.10. The minimum absolute atomic E-state index is 0.202. The number of rotatable bonds is 5. The number of carbonyl (C=O) groups is 2. The van der Waals surface area contributed by atoms with Crippen LogP contribution in [0.1, 0.15) is 15.9 Å². The molecule has 0 saturated carbocycles. The van der Waals surface area contributed by atoms with Gasteiger partial charge in [0.15, 0.2) is 6.61 Å². The molecule has 22 heavy (non-hydrogen) atoms. The summed E-state index contributed by atoms with van der Waals surface area (Å²) in [6.45, 7) is -0.302. The molecule has 6 nitrogen and oxygen atoms in total. The maximum Gasteiger partial charge on any atom is 0.262 e. The number of primary amides is 1. The predicted octanol–water partition coefficient (Wildman–Crippen LogP) is 1.67. The highest BCUT2D eigenvalue weighted by atomic mass is 16.5. The number of nitrogens with one attached hydrogen (secondary N) is 1. The van der Waals surface area contributed by atoms with E-state index in [9.17, 15) is 9.59 Å². The number of carbonyl (C=O) groups excluding carboxylic acids is 2. The van der Waals surface area contributed by atoms with E-state index in [1.807, 2.05) is 6.07 Å². The van der Waals surface area contributed by atoms with Gasteiger partial charge in [0.2, 0.25) is 0 Å². The lowest BCUT2D eigenvalue weighted by atomic mass is 10.2. The summed E-state index contributed by atoms with van der Waals surface area (Å²) in [5.41, 5.74) is 6.19. The Hall–Kier alpha value is -3.33. The van der Waals surface area contributed by atoms with Crippen molar-refractivity contribution in [1.82, 2.24) is 0 Å². The highest BCUT2D eigenvalue weighted by Crippen LogP contribution is 2.17. The van der Waals surface area contributed by atoms with Gasteiger partial charge in [0, 0.05) is 0 Å². The molecule has 0 atom stereocenters. The van der Waals surface area contributed by atoms with E-state index in [1.165, 1.54) is 6.07 Å². The molecule has 0 aliphatic carbocycles. The average Bonchev–Trinajstić information content (AvgIpc) is 2.53. The molecule has 0 heterocycles. The molecular formula is C16H13N3O3. The van der Waals surface area contributed by atoms with Crippen LogP contribution >= 0.6 is 0 Å². The van der Waals surface area contributed by atoms with Crippen LogP contribution in [0.5, 0.6) is 5.75 Å². The molecule has 0 saturated heterocycles. The molecule has 6 heteroatoms. The normalized spacial score (nSPS) is 9.59. The molecule has 3 N–H and O–H groups in total. The van der Waals surface area contributed by atoms with E-state index in [-0.39, 0.29) is 17.9 Å². The van der Waals surface area contributed by atoms with Crippen molar-refractivity contribution in [3.05, 3.63) is 59.7 Å². The molecule has 0 aliphatic rings. The van der Waals surface area contributed by atoms with E-state index in [0.29, 0.717) is 11.3 Å². The Morgan fingerprint density at radius 3 is 2.55 bits per heavy atom. The molecule has 0 unspecified atom stereocenters. The van der Waals surface area contributed by atoms with Gasteiger partial charge in [-0.1, -0.05) is 24.3 Å². The second-order valence-corrected chi connectivity index (χ2v) is 4.35. The van der Waals surface area contributed by atoms with Crippen LogP contribution in [0.25, 0.3) is 0 Å². The van der Waals surface area contributed by atoms with Crippen LogP contribution < -0.4 is 15.8 Å². The third-order valence-electron chi connectivity index (χ3n) is 2.83. The number of ether oxygens (including phenoxy) is 1.